The quantitative estimate of drug-likeness (QED) is 0.734. The molecule has 144 valence electrons. The van der Waals surface area contributed by atoms with Gasteiger partial charge in [0.1, 0.15) is 11.5 Å². The first-order chi connectivity index (χ1) is 13.6. The fourth-order valence-electron chi connectivity index (χ4n) is 3.31. The third-order valence-electron chi connectivity index (χ3n) is 4.88. The van der Waals surface area contributed by atoms with Crippen LogP contribution in [0.25, 0.3) is 11.5 Å². The summed E-state index contributed by atoms with van der Waals surface area (Å²) in [6.45, 7) is 6.29. The highest BCUT2D eigenvalue weighted by Gasteiger charge is 2.24. The number of nitrogens with one attached hydrogen (secondary N) is 1. The van der Waals surface area contributed by atoms with E-state index in [1.54, 1.807) is 13.1 Å². The Kier molecular flexibility index (Phi) is 5.01. The standard InChI is InChI=1S/C20H23N7O/c1-3-27-12-15(11-23-27)10-22-19-16-7-9-26(14(2)28)13-18(16)24-20(25-19)17-6-4-5-8-21-17/h4-6,8,11-12H,3,7,9-10,13H2,1-2H3,(H,22,24,25). The molecular weight excluding hydrogens is 354 g/mol. The predicted molar refractivity (Wildman–Crippen MR) is 105 cm³/mol. The van der Waals surface area contributed by atoms with Gasteiger partial charge in [-0.05, 0) is 25.5 Å². The van der Waals surface area contributed by atoms with Crippen LogP contribution in [0.5, 0.6) is 0 Å². The Hall–Kier alpha value is -3.29. The van der Waals surface area contributed by atoms with Crippen molar-refractivity contribution in [3.63, 3.8) is 0 Å². The molecule has 1 aliphatic heterocycles. The van der Waals surface area contributed by atoms with Gasteiger partial charge in [-0.3, -0.25) is 14.5 Å². The van der Waals surface area contributed by atoms with Gasteiger partial charge in [-0.1, -0.05) is 6.07 Å². The molecule has 0 saturated carbocycles. The molecule has 4 heterocycles. The summed E-state index contributed by atoms with van der Waals surface area (Å²) in [6, 6.07) is 5.67. The highest BCUT2D eigenvalue weighted by Crippen LogP contribution is 2.27. The van der Waals surface area contributed by atoms with Crippen LogP contribution in [0.3, 0.4) is 0 Å². The van der Waals surface area contributed by atoms with Crippen LogP contribution < -0.4 is 5.32 Å². The Morgan fingerprint density at radius 1 is 1.29 bits per heavy atom. The minimum atomic E-state index is 0.0603. The number of hydrogen-bond acceptors (Lipinski definition) is 6. The van der Waals surface area contributed by atoms with E-state index in [1.165, 1.54) is 0 Å². The molecule has 0 saturated heterocycles. The van der Waals surface area contributed by atoms with Gasteiger partial charge in [-0.2, -0.15) is 5.10 Å². The number of amides is 1. The normalized spacial score (nSPS) is 13.3. The maximum absolute atomic E-state index is 11.8. The van der Waals surface area contributed by atoms with Gasteiger partial charge in [0.15, 0.2) is 5.82 Å². The highest BCUT2D eigenvalue weighted by molar-refractivity contribution is 5.74. The van der Waals surface area contributed by atoms with Crippen LogP contribution in [0.4, 0.5) is 5.82 Å². The predicted octanol–water partition coefficient (Wildman–Crippen LogP) is 2.27. The molecule has 1 N–H and O–H groups in total. The highest BCUT2D eigenvalue weighted by atomic mass is 16.2. The molecule has 28 heavy (non-hydrogen) atoms. The number of anilines is 1. The maximum Gasteiger partial charge on any atom is 0.219 e. The van der Waals surface area contributed by atoms with E-state index in [4.69, 9.17) is 9.97 Å². The summed E-state index contributed by atoms with van der Waals surface area (Å²) in [6.07, 6.45) is 6.35. The van der Waals surface area contributed by atoms with Crippen LogP contribution in [0.15, 0.2) is 36.8 Å². The van der Waals surface area contributed by atoms with Crippen molar-refractivity contribution in [1.82, 2.24) is 29.6 Å². The van der Waals surface area contributed by atoms with Crippen LogP contribution in [0.2, 0.25) is 0 Å². The molecule has 0 radical (unpaired) electrons. The zero-order valence-electron chi connectivity index (χ0n) is 16.1. The van der Waals surface area contributed by atoms with Crippen molar-refractivity contribution in [3.8, 4) is 11.5 Å². The van der Waals surface area contributed by atoms with Gasteiger partial charge in [0.2, 0.25) is 5.91 Å². The lowest BCUT2D eigenvalue weighted by atomic mass is 10.0. The molecule has 0 atom stereocenters. The van der Waals surface area contributed by atoms with Crippen molar-refractivity contribution in [2.75, 3.05) is 11.9 Å². The van der Waals surface area contributed by atoms with E-state index in [-0.39, 0.29) is 5.91 Å². The first-order valence-corrected chi connectivity index (χ1v) is 9.46. The molecule has 1 amide bonds. The van der Waals surface area contributed by atoms with E-state index in [9.17, 15) is 4.79 Å². The monoisotopic (exact) mass is 377 g/mol. The SMILES string of the molecule is CCn1cc(CNc2nc(-c3ccccn3)nc3c2CCN(C(C)=O)C3)cn1. The number of pyridine rings is 1. The van der Waals surface area contributed by atoms with Gasteiger partial charge in [0.25, 0.3) is 0 Å². The number of carbonyl (C=O) groups is 1. The van der Waals surface area contributed by atoms with E-state index >= 15 is 0 Å². The third kappa shape index (κ3) is 3.71. The minimum absolute atomic E-state index is 0.0603. The fraction of sp³-hybridized carbons (Fsp3) is 0.350. The molecule has 0 spiro atoms. The minimum Gasteiger partial charge on any atom is -0.366 e. The summed E-state index contributed by atoms with van der Waals surface area (Å²) in [5.74, 6) is 1.43. The fourth-order valence-corrected chi connectivity index (χ4v) is 3.31. The Labute approximate surface area is 163 Å². The average Bonchev–Trinajstić information content (AvgIpc) is 3.20. The molecule has 0 fully saturated rings. The lowest BCUT2D eigenvalue weighted by Gasteiger charge is -2.28. The van der Waals surface area contributed by atoms with Gasteiger partial charge in [-0.25, -0.2) is 9.97 Å². The molecule has 0 aromatic carbocycles. The number of rotatable bonds is 5. The number of fused-ring (bicyclic) bond motifs is 1. The summed E-state index contributed by atoms with van der Waals surface area (Å²) in [5, 5.41) is 7.76. The zero-order valence-corrected chi connectivity index (χ0v) is 16.1. The second-order valence-electron chi connectivity index (χ2n) is 6.78. The van der Waals surface area contributed by atoms with Crippen molar-refractivity contribution in [3.05, 3.63) is 53.6 Å². The number of nitrogens with zero attached hydrogens (tertiary/aromatic N) is 6. The first-order valence-electron chi connectivity index (χ1n) is 9.46. The van der Waals surface area contributed by atoms with Crippen molar-refractivity contribution < 1.29 is 4.79 Å². The van der Waals surface area contributed by atoms with E-state index < -0.39 is 0 Å². The average molecular weight is 377 g/mol. The molecule has 8 nitrogen and oxygen atoms in total. The number of aryl methyl sites for hydroxylation is 1. The van der Waals surface area contributed by atoms with Crippen molar-refractivity contribution in [1.29, 1.82) is 0 Å². The summed E-state index contributed by atoms with van der Waals surface area (Å²) in [4.78, 5) is 27.5. The van der Waals surface area contributed by atoms with Crippen molar-refractivity contribution >= 4 is 11.7 Å². The van der Waals surface area contributed by atoms with Crippen LogP contribution >= 0.6 is 0 Å². The molecule has 0 aliphatic carbocycles. The molecule has 3 aromatic rings. The van der Waals surface area contributed by atoms with E-state index in [2.05, 4.69) is 22.3 Å². The van der Waals surface area contributed by atoms with Crippen LogP contribution in [0, 0.1) is 0 Å². The van der Waals surface area contributed by atoms with E-state index in [0.29, 0.717) is 31.2 Å². The summed E-state index contributed by atoms with van der Waals surface area (Å²) >= 11 is 0. The van der Waals surface area contributed by atoms with Crippen molar-refractivity contribution in [2.24, 2.45) is 0 Å². The van der Waals surface area contributed by atoms with E-state index in [0.717, 1.165) is 35.6 Å². The summed E-state index contributed by atoms with van der Waals surface area (Å²) in [5.41, 5.74) is 3.76. The van der Waals surface area contributed by atoms with Gasteiger partial charge in [-0.15, -0.1) is 0 Å². The van der Waals surface area contributed by atoms with Gasteiger partial charge in [0.05, 0.1) is 18.4 Å². The van der Waals surface area contributed by atoms with Crippen molar-refractivity contribution in [2.45, 2.75) is 39.9 Å². The van der Waals surface area contributed by atoms with Gasteiger partial charge < -0.3 is 10.2 Å². The van der Waals surface area contributed by atoms with Crippen LogP contribution in [-0.2, 0) is 30.8 Å². The van der Waals surface area contributed by atoms with Crippen LogP contribution in [0.1, 0.15) is 30.7 Å². The Balaban J connectivity index is 1.67. The lowest BCUT2D eigenvalue weighted by molar-refractivity contribution is -0.129. The number of carbonyl (C=O) groups excluding carboxylic acids is 1. The molecule has 1 aliphatic rings. The van der Waals surface area contributed by atoms with Crippen LogP contribution in [-0.4, -0.2) is 42.1 Å². The molecule has 0 bridgehead atoms. The Morgan fingerprint density at radius 3 is 2.89 bits per heavy atom. The van der Waals surface area contributed by atoms with Gasteiger partial charge >= 0.3 is 0 Å². The smallest absolute Gasteiger partial charge is 0.219 e. The third-order valence-corrected chi connectivity index (χ3v) is 4.88. The number of hydrogen-bond donors (Lipinski definition) is 1. The first kappa shape index (κ1) is 18.1. The maximum atomic E-state index is 11.8. The second kappa shape index (κ2) is 7.75. The topological polar surface area (TPSA) is 88.8 Å². The van der Waals surface area contributed by atoms with Gasteiger partial charge in [0, 0.05) is 50.1 Å². The molecule has 3 aromatic heterocycles. The Morgan fingerprint density at radius 2 is 2.18 bits per heavy atom. The van der Waals surface area contributed by atoms with E-state index in [1.807, 2.05) is 40.2 Å². The molecule has 8 heteroatoms. The molecular formula is C20H23N7O. The zero-order chi connectivity index (χ0) is 19.5. The Bertz CT molecular complexity index is 983. The summed E-state index contributed by atoms with van der Waals surface area (Å²) in [7, 11) is 0. The molecule has 4 rings (SSSR count). The second-order valence-corrected chi connectivity index (χ2v) is 6.78. The molecule has 0 unspecified atom stereocenters. The summed E-state index contributed by atoms with van der Waals surface area (Å²) < 4.78 is 1.90. The lowest BCUT2D eigenvalue weighted by Crippen LogP contribution is -2.35. The largest absolute Gasteiger partial charge is 0.366 e. The number of aromatic nitrogens is 5.